The van der Waals surface area contributed by atoms with E-state index in [1.54, 1.807) is 12.3 Å². The summed E-state index contributed by atoms with van der Waals surface area (Å²) in [6.45, 7) is 2.47. The number of hydrogen-bond acceptors (Lipinski definition) is 5. The van der Waals surface area contributed by atoms with Gasteiger partial charge in [0, 0.05) is 25.7 Å². The quantitative estimate of drug-likeness (QED) is 0.885. The zero-order valence-electron chi connectivity index (χ0n) is 14.2. The Hall–Kier alpha value is -1.82. The molecule has 3 rings (SSSR count). The van der Waals surface area contributed by atoms with E-state index in [1.165, 1.54) is 6.42 Å². The van der Waals surface area contributed by atoms with Crippen LogP contribution in [-0.2, 0) is 9.53 Å². The van der Waals surface area contributed by atoms with Gasteiger partial charge in [-0.2, -0.15) is 0 Å². The van der Waals surface area contributed by atoms with Crippen molar-refractivity contribution in [1.82, 2.24) is 9.88 Å². The number of nitrogens with two attached hydrogens (primary N) is 1. The van der Waals surface area contributed by atoms with Crippen molar-refractivity contribution in [1.29, 1.82) is 0 Å². The number of anilines is 2. The summed E-state index contributed by atoms with van der Waals surface area (Å²) in [5, 5.41) is 3.51. The third kappa shape index (κ3) is 4.84. The Kier molecular flexibility index (Phi) is 5.91. The molecule has 132 valence electrons. The molecule has 1 aromatic heterocycles. The maximum absolute atomic E-state index is 12.5. The zero-order valence-corrected chi connectivity index (χ0v) is 14.2. The second-order valence-electron chi connectivity index (χ2n) is 6.82. The molecule has 6 heteroatoms. The predicted octanol–water partition coefficient (Wildman–Crippen LogP) is 2.42. The number of carbonyl (C=O) groups is 1. The lowest BCUT2D eigenvalue weighted by Gasteiger charge is -2.26. The molecule has 0 aliphatic carbocycles. The topological polar surface area (TPSA) is 80.5 Å². The molecule has 0 bridgehead atoms. The minimum Gasteiger partial charge on any atom is -0.384 e. The van der Waals surface area contributed by atoms with Gasteiger partial charge in [-0.1, -0.05) is 0 Å². The number of nitrogens with zero attached hydrogens (tertiary/aromatic N) is 2. The Morgan fingerprint density at radius 2 is 2.17 bits per heavy atom. The van der Waals surface area contributed by atoms with Crippen LogP contribution in [-0.4, -0.2) is 47.6 Å². The van der Waals surface area contributed by atoms with Gasteiger partial charge in [-0.15, -0.1) is 0 Å². The van der Waals surface area contributed by atoms with E-state index in [9.17, 15) is 4.79 Å². The maximum Gasteiger partial charge on any atom is 0.225 e. The number of rotatable bonds is 4. The molecule has 2 saturated heterocycles. The van der Waals surface area contributed by atoms with E-state index in [-0.39, 0.29) is 12.0 Å². The van der Waals surface area contributed by atoms with E-state index in [2.05, 4.69) is 10.3 Å². The van der Waals surface area contributed by atoms with Gasteiger partial charge >= 0.3 is 0 Å². The Morgan fingerprint density at radius 1 is 1.25 bits per heavy atom. The molecule has 3 heterocycles. The summed E-state index contributed by atoms with van der Waals surface area (Å²) in [6, 6.07) is 4.13. The van der Waals surface area contributed by atoms with Crippen molar-refractivity contribution < 1.29 is 9.53 Å². The van der Waals surface area contributed by atoms with Crippen LogP contribution in [0.2, 0.25) is 0 Å². The molecule has 0 saturated carbocycles. The van der Waals surface area contributed by atoms with Crippen LogP contribution >= 0.6 is 0 Å². The van der Waals surface area contributed by atoms with Crippen molar-refractivity contribution in [3.05, 3.63) is 18.3 Å². The smallest absolute Gasteiger partial charge is 0.225 e. The second kappa shape index (κ2) is 8.33. The zero-order chi connectivity index (χ0) is 16.8. The highest BCUT2D eigenvalue weighted by molar-refractivity contribution is 5.76. The molecule has 0 spiro atoms. The molecule has 3 N–H and O–H groups in total. The van der Waals surface area contributed by atoms with Gasteiger partial charge in [-0.25, -0.2) is 4.98 Å². The molecular formula is C18H28N4O2. The van der Waals surface area contributed by atoms with Gasteiger partial charge in [0.1, 0.15) is 5.82 Å². The highest BCUT2D eigenvalue weighted by atomic mass is 16.5. The van der Waals surface area contributed by atoms with Crippen LogP contribution < -0.4 is 11.1 Å². The van der Waals surface area contributed by atoms with Gasteiger partial charge in [0.15, 0.2) is 0 Å². The minimum absolute atomic E-state index is 0.129. The molecule has 24 heavy (non-hydrogen) atoms. The standard InChI is InChI=1S/C18H28N4O2/c19-17-7-6-15(13-20-17)21-14-4-3-9-22(10-8-14)18(23)12-16-5-1-2-11-24-16/h6-7,13-14,16,21H,1-5,8-12H2,(H2,19,20)/t14-,16+/m1/s1. The largest absolute Gasteiger partial charge is 0.384 e. The molecule has 2 aliphatic rings. The van der Waals surface area contributed by atoms with Crippen LogP contribution in [0.3, 0.4) is 0 Å². The van der Waals surface area contributed by atoms with Crippen LogP contribution in [0.1, 0.15) is 44.9 Å². The van der Waals surface area contributed by atoms with Crippen molar-refractivity contribution in [3.8, 4) is 0 Å². The van der Waals surface area contributed by atoms with Gasteiger partial charge in [0.25, 0.3) is 0 Å². The third-order valence-corrected chi connectivity index (χ3v) is 4.91. The number of ether oxygens (including phenoxy) is 1. The average molecular weight is 332 g/mol. The summed E-state index contributed by atoms with van der Waals surface area (Å²) in [4.78, 5) is 18.7. The number of nitrogens with one attached hydrogen (secondary N) is 1. The van der Waals surface area contributed by atoms with Crippen LogP contribution in [0, 0.1) is 0 Å². The summed E-state index contributed by atoms with van der Waals surface area (Å²) in [6.07, 6.45) is 8.82. The SMILES string of the molecule is Nc1ccc(N[C@@H]2CCCN(C(=O)C[C@@H]3CCCCO3)CC2)cn1. The number of likely N-dealkylation sites (tertiary alicyclic amines) is 1. The second-order valence-corrected chi connectivity index (χ2v) is 6.82. The Balaban J connectivity index is 1.47. The van der Waals surface area contributed by atoms with Crippen LogP contribution in [0.25, 0.3) is 0 Å². The number of hydrogen-bond donors (Lipinski definition) is 2. The fourth-order valence-corrected chi connectivity index (χ4v) is 3.51. The number of carbonyl (C=O) groups excluding carboxylic acids is 1. The molecule has 0 aromatic carbocycles. The van der Waals surface area contributed by atoms with Crippen molar-refractivity contribution in [2.24, 2.45) is 0 Å². The first-order valence-corrected chi connectivity index (χ1v) is 9.08. The predicted molar refractivity (Wildman–Crippen MR) is 94.7 cm³/mol. The number of nitrogen functional groups attached to an aromatic ring is 1. The monoisotopic (exact) mass is 332 g/mol. The fraction of sp³-hybridized carbons (Fsp3) is 0.667. The fourth-order valence-electron chi connectivity index (χ4n) is 3.51. The number of aromatic nitrogens is 1. The minimum atomic E-state index is 0.129. The van der Waals surface area contributed by atoms with Crippen LogP contribution in [0.4, 0.5) is 11.5 Å². The average Bonchev–Trinajstić information content (AvgIpc) is 2.83. The molecule has 2 atom stereocenters. The van der Waals surface area contributed by atoms with Crippen molar-refractivity contribution >= 4 is 17.4 Å². The first-order valence-electron chi connectivity index (χ1n) is 9.08. The van der Waals surface area contributed by atoms with Crippen LogP contribution in [0.5, 0.6) is 0 Å². The molecule has 2 aliphatic heterocycles. The van der Waals surface area contributed by atoms with E-state index in [4.69, 9.17) is 10.5 Å². The molecule has 2 fully saturated rings. The van der Waals surface area contributed by atoms with Gasteiger partial charge in [-0.3, -0.25) is 4.79 Å². The number of pyridine rings is 1. The maximum atomic E-state index is 12.5. The molecule has 0 unspecified atom stereocenters. The van der Waals surface area contributed by atoms with E-state index >= 15 is 0 Å². The summed E-state index contributed by atoms with van der Waals surface area (Å²) >= 11 is 0. The van der Waals surface area contributed by atoms with E-state index < -0.39 is 0 Å². The molecule has 0 radical (unpaired) electrons. The van der Waals surface area contributed by atoms with Gasteiger partial charge < -0.3 is 20.7 Å². The molecular weight excluding hydrogens is 304 g/mol. The summed E-state index contributed by atoms with van der Waals surface area (Å²) < 4.78 is 5.70. The highest BCUT2D eigenvalue weighted by Gasteiger charge is 2.24. The van der Waals surface area contributed by atoms with Crippen molar-refractivity contribution in [3.63, 3.8) is 0 Å². The Labute approximate surface area is 143 Å². The Bertz CT molecular complexity index is 528. The summed E-state index contributed by atoms with van der Waals surface area (Å²) in [5.41, 5.74) is 6.61. The van der Waals surface area contributed by atoms with Gasteiger partial charge in [-0.05, 0) is 50.7 Å². The summed E-state index contributed by atoms with van der Waals surface area (Å²) in [7, 11) is 0. The van der Waals surface area contributed by atoms with Gasteiger partial charge in [0.2, 0.25) is 5.91 Å². The molecule has 1 aromatic rings. The van der Waals surface area contributed by atoms with Crippen molar-refractivity contribution in [2.75, 3.05) is 30.7 Å². The van der Waals surface area contributed by atoms with Crippen molar-refractivity contribution in [2.45, 2.75) is 57.1 Å². The first-order chi connectivity index (χ1) is 11.7. The summed E-state index contributed by atoms with van der Waals surface area (Å²) in [5.74, 6) is 0.778. The highest BCUT2D eigenvalue weighted by Crippen LogP contribution is 2.20. The number of amides is 1. The third-order valence-electron chi connectivity index (χ3n) is 4.91. The molecule has 1 amide bonds. The molecule has 6 nitrogen and oxygen atoms in total. The lowest BCUT2D eigenvalue weighted by molar-refractivity contribution is -0.135. The van der Waals surface area contributed by atoms with Gasteiger partial charge in [0.05, 0.1) is 24.4 Å². The van der Waals surface area contributed by atoms with E-state index in [0.29, 0.717) is 18.3 Å². The van der Waals surface area contributed by atoms with Crippen LogP contribution in [0.15, 0.2) is 18.3 Å². The first kappa shape index (κ1) is 17.0. The lowest BCUT2D eigenvalue weighted by atomic mass is 10.1. The Morgan fingerprint density at radius 3 is 2.92 bits per heavy atom. The van der Waals surface area contributed by atoms with E-state index in [1.807, 2.05) is 11.0 Å². The normalized spacial score (nSPS) is 25.1. The lowest BCUT2D eigenvalue weighted by Crippen LogP contribution is -2.36. The van der Waals surface area contributed by atoms with E-state index in [0.717, 1.165) is 57.5 Å².